The standard InChI is InChI=1S/C22H20F3NO3/c23-22(24,25)29-21-14-19(27-13-12-26)10-11-20(21)17-6-8-18(9-7-17)28-15-16-4-2-1-3-5-16/h1-11,14H,12-13,15,26H2. The van der Waals surface area contributed by atoms with E-state index in [0.29, 0.717) is 17.9 Å². The fraction of sp³-hybridized carbons (Fsp3) is 0.182. The van der Waals surface area contributed by atoms with Crippen LogP contribution < -0.4 is 19.9 Å². The molecule has 0 heterocycles. The first-order valence-corrected chi connectivity index (χ1v) is 8.94. The highest BCUT2D eigenvalue weighted by atomic mass is 19.4. The highest BCUT2D eigenvalue weighted by Gasteiger charge is 2.32. The van der Waals surface area contributed by atoms with Gasteiger partial charge in [0.15, 0.2) is 0 Å². The van der Waals surface area contributed by atoms with Gasteiger partial charge in [-0.15, -0.1) is 13.2 Å². The highest BCUT2D eigenvalue weighted by molar-refractivity contribution is 5.72. The normalized spacial score (nSPS) is 11.2. The lowest BCUT2D eigenvalue weighted by atomic mass is 10.0. The zero-order valence-electron chi connectivity index (χ0n) is 15.5. The molecule has 152 valence electrons. The van der Waals surface area contributed by atoms with Gasteiger partial charge < -0.3 is 19.9 Å². The van der Waals surface area contributed by atoms with Gasteiger partial charge in [0, 0.05) is 18.2 Å². The van der Waals surface area contributed by atoms with E-state index in [-0.39, 0.29) is 30.2 Å². The summed E-state index contributed by atoms with van der Waals surface area (Å²) in [5.41, 5.74) is 7.23. The molecule has 4 nitrogen and oxygen atoms in total. The Morgan fingerprint density at radius 2 is 1.48 bits per heavy atom. The second-order valence-electron chi connectivity index (χ2n) is 6.14. The summed E-state index contributed by atoms with van der Waals surface area (Å²) in [4.78, 5) is 0. The van der Waals surface area contributed by atoms with Crippen LogP contribution in [0.15, 0.2) is 72.8 Å². The van der Waals surface area contributed by atoms with Crippen molar-refractivity contribution in [2.75, 3.05) is 13.2 Å². The number of hydrogen-bond donors (Lipinski definition) is 1. The molecule has 0 radical (unpaired) electrons. The van der Waals surface area contributed by atoms with Crippen LogP contribution in [0.4, 0.5) is 13.2 Å². The number of rotatable bonds is 8. The molecule has 3 aromatic carbocycles. The Balaban J connectivity index is 1.79. The van der Waals surface area contributed by atoms with Gasteiger partial charge in [0.05, 0.1) is 0 Å². The molecule has 0 aliphatic rings. The Hall–Kier alpha value is -3.19. The molecular weight excluding hydrogens is 383 g/mol. The first kappa shape index (κ1) is 20.5. The summed E-state index contributed by atoms with van der Waals surface area (Å²) in [7, 11) is 0. The molecule has 3 rings (SSSR count). The van der Waals surface area contributed by atoms with Gasteiger partial charge in [-0.3, -0.25) is 0 Å². The van der Waals surface area contributed by atoms with Gasteiger partial charge in [-0.25, -0.2) is 0 Å². The van der Waals surface area contributed by atoms with Crippen LogP contribution in [0.3, 0.4) is 0 Å². The van der Waals surface area contributed by atoms with Gasteiger partial charge in [0.25, 0.3) is 0 Å². The maximum atomic E-state index is 12.8. The summed E-state index contributed by atoms with van der Waals surface area (Å²) in [6.07, 6.45) is -4.82. The monoisotopic (exact) mass is 403 g/mol. The van der Waals surface area contributed by atoms with Crippen LogP contribution in [0.25, 0.3) is 11.1 Å². The van der Waals surface area contributed by atoms with E-state index in [0.717, 1.165) is 5.56 Å². The summed E-state index contributed by atoms with van der Waals surface area (Å²) in [5, 5.41) is 0. The van der Waals surface area contributed by atoms with E-state index in [1.165, 1.54) is 12.1 Å². The van der Waals surface area contributed by atoms with Crippen molar-refractivity contribution in [2.45, 2.75) is 13.0 Å². The molecule has 0 atom stereocenters. The average molecular weight is 403 g/mol. The average Bonchev–Trinajstić information content (AvgIpc) is 2.71. The van der Waals surface area contributed by atoms with Crippen LogP contribution in [-0.2, 0) is 6.61 Å². The lowest BCUT2D eigenvalue weighted by Crippen LogP contribution is -2.18. The zero-order chi connectivity index (χ0) is 20.7. The number of nitrogens with two attached hydrogens (primary N) is 1. The number of benzene rings is 3. The first-order chi connectivity index (χ1) is 13.9. The van der Waals surface area contributed by atoms with Crippen molar-refractivity contribution in [3.63, 3.8) is 0 Å². The Labute approximate surface area is 166 Å². The van der Waals surface area contributed by atoms with Gasteiger partial charge in [-0.2, -0.15) is 0 Å². The number of hydrogen-bond acceptors (Lipinski definition) is 4. The van der Waals surface area contributed by atoms with E-state index in [1.807, 2.05) is 30.3 Å². The van der Waals surface area contributed by atoms with Gasteiger partial charge in [0.2, 0.25) is 0 Å². The Kier molecular flexibility index (Phi) is 6.61. The van der Waals surface area contributed by atoms with Crippen LogP contribution >= 0.6 is 0 Å². The predicted molar refractivity (Wildman–Crippen MR) is 104 cm³/mol. The summed E-state index contributed by atoms with van der Waals surface area (Å²) < 4.78 is 53.7. The van der Waals surface area contributed by atoms with Crippen molar-refractivity contribution in [2.24, 2.45) is 5.73 Å². The third kappa shape index (κ3) is 6.15. The molecule has 0 unspecified atom stereocenters. The summed E-state index contributed by atoms with van der Waals surface area (Å²) in [6, 6.07) is 20.7. The fourth-order valence-corrected chi connectivity index (χ4v) is 2.69. The van der Waals surface area contributed by atoms with E-state index < -0.39 is 6.36 Å². The lowest BCUT2D eigenvalue weighted by Gasteiger charge is -2.15. The van der Waals surface area contributed by atoms with E-state index in [1.54, 1.807) is 30.3 Å². The van der Waals surface area contributed by atoms with Crippen LogP contribution in [-0.4, -0.2) is 19.5 Å². The molecule has 0 aromatic heterocycles. The topological polar surface area (TPSA) is 53.7 Å². The van der Waals surface area contributed by atoms with Crippen LogP contribution in [0.1, 0.15) is 5.56 Å². The molecule has 29 heavy (non-hydrogen) atoms. The maximum Gasteiger partial charge on any atom is 0.573 e. The highest BCUT2D eigenvalue weighted by Crippen LogP contribution is 2.37. The molecule has 3 aromatic rings. The van der Waals surface area contributed by atoms with Crippen molar-refractivity contribution < 1.29 is 27.4 Å². The zero-order valence-corrected chi connectivity index (χ0v) is 15.5. The minimum atomic E-state index is -4.82. The van der Waals surface area contributed by atoms with Crippen molar-refractivity contribution in [3.05, 3.63) is 78.4 Å². The van der Waals surface area contributed by atoms with Crippen molar-refractivity contribution in [1.82, 2.24) is 0 Å². The van der Waals surface area contributed by atoms with Crippen LogP contribution in [0.5, 0.6) is 17.2 Å². The quantitative estimate of drug-likeness (QED) is 0.564. The molecule has 0 amide bonds. The molecular formula is C22H20F3NO3. The summed E-state index contributed by atoms with van der Waals surface area (Å²) in [6.45, 7) is 0.843. The minimum Gasteiger partial charge on any atom is -0.492 e. The SMILES string of the molecule is NCCOc1ccc(-c2ccc(OCc3ccccc3)cc2)c(OC(F)(F)F)c1. The summed E-state index contributed by atoms with van der Waals surface area (Å²) >= 11 is 0. The van der Waals surface area contributed by atoms with Crippen molar-refractivity contribution in [3.8, 4) is 28.4 Å². The summed E-state index contributed by atoms with van der Waals surface area (Å²) in [5.74, 6) is 0.519. The van der Waals surface area contributed by atoms with Gasteiger partial charge in [-0.05, 0) is 35.4 Å². The molecule has 0 spiro atoms. The number of alkyl halides is 3. The van der Waals surface area contributed by atoms with Gasteiger partial charge >= 0.3 is 6.36 Å². The Bertz CT molecular complexity index is 913. The maximum absolute atomic E-state index is 12.8. The number of ether oxygens (including phenoxy) is 3. The van der Waals surface area contributed by atoms with E-state index >= 15 is 0 Å². The van der Waals surface area contributed by atoms with Crippen molar-refractivity contribution >= 4 is 0 Å². The van der Waals surface area contributed by atoms with E-state index in [2.05, 4.69) is 4.74 Å². The van der Waals surface area contributed by atoms with Gasteiger partial charge in [0.1, 0.15) is 30.5 Å². The Morgan fingerprint density at radius 3 is 2.14 bits per heavy atom. The lowest BCUT2D eigenvalue weighted by molar-refractivity contribution is -0.274. The molecule has 0 aliphatic carbocycles. The molecule has 0 saturated heterocycles. The third-order valence-electron chi connectivity index (χ3n) is 3.98. The van der Waals surface area contributed by atoms with Crippen LogP contribution in [0, 0.1) is 0 Å². The second kappa shape index (κ2) is 9.34. The molecule has 0 aliphatic heterocycles. The number of halogens is 3. The van der Waals surface area contributed by atoms with Crippen molar-refractivity contribution in [1.29, 1.82) is 0 Å². The minimum absolute atomic E-state index is 0.193. The first-order valence-electron chi connectivity index (χ1n) is 8.94. The molecule has 0 fully saturated rings. The van der Waals surface area contributed by atoms with E-state index in [4.69, 9.17) is 15.2 Å². The molecule has 0 saturated carbocycles. The van der Waals surface area contributed by atoms with Gasteiger partial charge in [-0.1, -0.05) is 42.5 Å². The molecule has 0 bridgehead atoms. The largest absolute Gasteiger partial charge is 0.573 e. The van der Waals surface area contributed by atoms with Crippen LogP contribution in [0.2, 0.25) is 0 Å². The fourth-order valence-electron chi connectivity index (χ4n) is 2.69. The second-order valence-corrected chi connectivity index (χ2v) is 6.14. The molecule has 7 heteroatoms. The van der Waals surface area contributed by atoms with E-state index in [9.17, 15) is 13.2 Å². The smallest absolute Gasteiger partial charge is 0.492 e. The third-order valence-corrected chi connectivity index (χ3v) is 3.98. The predicted octanol–water partition coefficient (Wildman–Crippen LogP) is 5.17. The Morgan fingerprint density at radius 1 is 0.793 bits per heavy atom. The molecule has 2 N–H and O–H groups in total.